The van der Waals surface area contributed by atoms with E-state index in [0.29, 0.717) is 5.92 Å². The maximum absolute atomic E-state index is 12.4. The van der Waals surface area contributed by atoms with Crippen molar-refractivity contribution in [3.8, 4) is 0 Å². The Morgan fingerprint density at radius 2 is 1.59 bits per heavy atom. The predicted octanol–water partition coefficient (Wildman–Crippen LogP) is 5.58. The average Bonchev–Trinajstić information content (AvgIpc) is 2.25. The molecule has 0 heterocycles. The number of benzene rings is 1. The summed E-state index contributed by atoms with van der Waals surface area (Å²) < 4.78 is 37.1. The van der Waals surface area contributed by atoms with E-state index in [1.54, 1.807) is 12.1 Å². The van der Waals surface area contributed by atoms with Gasteiger partial charge in [0.15, 0.2) is 0 Å². The van der Waals surface area contributed by atoms with Gasteiger partial charge in [-0.15, -0.1) is 0 Å². The van der Waals surface area contributed by atoms with Crippen LogP contribution in [0.5, 0.6) is 0 Å². The summed E-state index contributed by atoms with van der Waals surface area (Å²) in [4.78, 5) is 0.132. The molecule has 0 spiro atoms. The van der Waals surface area contributed by atoms with Gasteiger partial charge in [-0.1, -0.05) is 41.9 Å². The van der Waals surface area contributed by atoms with Crippen LogP contribution in [0.15, 0.2) is 24.3 Å². The lowest BCUT2D eigenvalue weighted by Gasteiger charge is -2.13. The van der Waals surface area contributed by atoms with E-state index >= 15 is 0 Å². The molecule has 0 saturated heterocycles. The third-order valence-electron chi connectivity index (χ3n) is 2.60. The van der Waals surface area contributed by atoms with Gasteiger partial charge in [0, 0.05) is 4.83 Å². The van der Waals surface area contributed by atoms with Crippen molar-refractivity contribution >= 4 is 15.9 Å². The minimum absolute atomic E-state index is 0.132. The smallest absolute Gasteiger partial charge is 0.166 e. The Morgan fingerprint density at radius 3 is 2.00 bits per heavy atom. The summed E-state index contributed by atoms with van der Waals surface area (Å²) in [6, 6.07) is 5.36. The zero-order valence-corrected chi connectivity index (χ0v) is 11.5. The molecule has 1 aromatic rings. The van der Waals surface area contributed by atoms with E-state index in [-0.39, 0.29) is 4.83 Å². The van der Waals surface area contributed by atoms with E-state index in [2.05, 4.69) is 29.8 Å². The number of halogens is 4. The second-order valence-corrected chi connectivity index (χ2v) is 5.66. The summed E-state index contributed by atoms with van der Waals surface area (Å²) in [6.45, 7) is 4.26. The second-order valence-electron chi connectivity index (χ2n) is 4.56. The van der Waals surface area contributed by atoms with Gasteiger partial charge in [-0.05, 0) is 36.5 Å². The Balaban J connectivity index is 2.67. The maximum atomic E-state index is 12.4. The third-order valence-corrected chi connectivity index (χ3v) is 3.58. The van der Waals surface area contributed by atoms with Crippen molar-refractivity contribution in [2.45, 2.75) is 37.7 Å². The fourth-order valence-corrected chi connectivity index (χ4v) is 2.10. The summed E-state index contributed by atoms with van der Waals surface area (Å²) in [6.07, 6.45) is -2.27. The molecule has 96 valence electrons. The highest BCUT2D eigenvalue weighted by molar-refractivity contribution is 9.09. The van der Waals surface area contributed by atoms with Gasteiger partial charge in [0.2, 0.25) is 0 Å². The molecule has 0 aliphatic carbocycles. The summed E-state index contributed by atoms with van der Waals surface area (Å²) >= 11 is 3.51. The van der Waals surface area contributed by atoms with Crippen molar-refractivity contribution in [2.75, 3.05) is 0 Å². The van der Waals surface area contributed by atoms with Gasteiger partial charge in [0.05, 0.1) is 5.56 Å². The van der Waals surface area contributed by atoms with Crippen molar-refractivity contribution in [2.24, 2.45) is 5.92 Å². The molecule has 4 heteroatoms. The first-order valence-electron chi connectivity index (χ1n) is 5.62. The van der Waals surface area contributed by atoms with Crippen molar-refractivity contribution in [3.05, 3.63) is 35.4 Å². The topological polar surface area (TPSA) is 0 Å². The Labute approximate surface area is 108 Å². The number of hydrogen-bond donors (Lipinski definition) is 0. The van der Waals surface area contributed by atoms with Gasteiger partial charge in [-0.2, -0.15) is 13.2 Å². The number of alkyl halides is 4. The summed E-state index contributed by atoms with van der Waals surface area (Å²) in [7, 11) is 0. The molecule has 0 fully saturated rings. The molecule has 0 unspecified atom stereocenters. The summed E-state index contributed by atoms with van der Waals surface area (Å²) in [5.41, 5.74) is 0.309. The van der Waals surface area contributed by atoms with E-state index in [4.69, 9.17) is 0 Å². The Bertz CT molecular complexity index is 341. The lowest BCUT2D eigenvalue weighted by molar-refractivity contribution is -0.137. The minimum atomic E-state index is -4.25. The van der Waals surface area contributed by atoms with E-state index in [0.717, 1.165) is 30.5 Å². The molecule has 1 aromatic carbocycles. The zero-order chi connectivity index (χ0) is 13.1. The molecule has 0 aliphatic heterocycles. The van der Waals surface area contributed by atoms with Crippen LogP contribution in [-0.2, 0) is 6.18 Å². The van der Waals surface area contributed by atoms with Gasteiger partial charge in [-0.25, -0.2) is 0 Å². The highest BCUT2D eigenvalue weighted by Crippen LogP contribution is 2.33. The molecular weight excluding hydrogens is 293 g/mol. The van der Waals surface area contributed by atoms with E-state index in [9.17, 15) is 13.2 Å². The average molecular weight is 309 g/mol. The molecule has 0 aromatic heterocycles. The second kappa shape index (κ2) is 5.89. The lowest BCUT2D eigenvalue weighted by Crippen LogP contribution is -2.04. The molecule has 0 bridgehead atoms. The molecule has 1 atom stereocenters. The summed E-state index contributed by atoms with van der Waals surface area (Å²) in [5, 5.41) is 0. The van der Waals surface area contributed by atoms with Gasteiger partial charge < -0.3 is 0 Å². The van der Waals surface area contributed by atoms with Crippen molar-refractivity contribution < 1.29 is 13.2 Å². The molecule has 0 amide bonds. The Hall–Kier alpha value is -0.510. The minimum Gasteiger partial charge on any atom is -0.166 e. The fraction of sp³-hybridized carbons (Fsp3) is 0.538. The first-order chi connectivity index (χ1) is 7.80. The number of hydrogen-bond acceptors (Lipinski definition) is 0. The van der Waals surface area contributed by atoms with Gasteiger partial charge in [0.25, 0.3) is 0 Å². The van der Waals surface area contributed by atoms with Crippen LogP contribution in [0.25, 0.3) is 0 Å². The monoisotopic (exact) mass is 308 g/mol. The van der Waals surface area contributed by atoms with Gasteiger partial charge in [-0.3, -0.25) is 0 Å². The molecule has 0 nitrogen and oxygen atoms in total. The normalized spacial score (nSPS) is 14.1. The zero-order valence-electron chi connectivity index (χ0n) is 9.89. The highest BCUT2D eigenvalue weighted by Gasteiger charge is 2.30. The van der Waals surface area contributed by atoms with Crippen molar-refractivity contribution in [1.82, 2.24) is 0 Å². The van der Waals surface area contributed by atoms with Crippen molar-refractivity contribution in [3.63, 3.8) is 0 Å². The van der Waals surface area contributed by atoms with Crippen LogP contribution in [0.1, 0.15) is 42.6 Å². The van der Waals surface area contributed by atoms with Crippen LogP contribution in [0.3, 0.4) is 0 Å². The van der Waals surface area contributed by atoms with Crippen LogP contribution in [0, 0.1) is 5.92 Å². The predicted molar refractivity (Wildman–Crippen MR) is 67.2 cm³/mol. The van der Waals surface area contributed by atoms with E-state index in [1.807, 2.05) is 0 Å². The standard InChI is InChI=1S/C13H16BrF3/c1-9(2)3-8-12(14)10-4-6-11(7-5-10)13(15,16)17/h4-7,9,12H,3,8H2,1-2H3/t12-/m0/s1. The van der Waals surface area contributed by atoms with Crippen LogP contribution in [0.2, 0.25) is 0 Å². The Kier molecular flexibility index (Phi) is 5.04. The first kappa shape index (κ1) is 14.6. The molecule has 0 aliphatic rings. The third kappa shape index (κ3) is 4.70. The van der Waals surface area contributed by atoms with Crippen molar-refractivity contribution in [1.29, 1.82) is 0 Å². The van der Waals surface area contributed by atoms with Crippen LogP contribution in [-0.4, -0.2) is 0 Å². The Morgan fingerprint density at radius 1 is 1.06 bits per heavy atom. The van der Waals surface area contributed by atoms with Crippen LogP contribution in [0.4, 0.5) is 13.2 Å². The number of rotatable bonds is 4. The molecule has 0 saturated carbocycles. The van der Waals surface area contributed by atoms with Gasteiger partial charge in [0.1, 0.15) is 0 Å². The molecular formula is C13H16BrF3. The quantitative estimate of drug-likeness (QED) is 0.637. The molecule has 17 heavy (non-hydrogen) atoms. The largest absolute Gasteiger partial charge is 0.416 e. The van der Waals surface area contributed by atoms with E-state index in [1.165, 1.54) is 0 Å². The highest BCUT2D eigenvalue weighted by atomic mass is 79.9. The molecule has 1 rings (SSSR count). The van der Waals surface area contributed by atoms with E-state index < -0.39 is 11.7 Å². The van der Waals surface area contributed by atoms with Crippen LogP contribution >= 0.6 is 15.9 Å². The van der Waals surface area contributed by atoms with Gasteiger partial charge >= 0.3 is 6.18 Å². The lowest BCUT2D eigenvalue weighted by atomic mass is 10.0. The summed E-state index contributed by atoms with van der Waals surface area (Å²) in [5.74, 6) is 0.601. The molecule has 0 N–H and O–H groups in total. The van der Waals surface area contributed by atoms with Crippen LogP contribution < -0.4 is 0 Å². The maximum Gasteiger partial charge on any atom is 0.416 e. The first-order valence-corrected chi connectivity index (χ1v) is 6.53. The fourth-order valence-electron chi connectivity index (χ4n) is 1.53. The molecule has 0 radical (unpaired) electrons. The SMILES string of the molecule is CC(C)CC[C@H](Br)c1ccc(C(F)(F)F)cc1.